The van der Waals surface area contributed by atoms with Crippen molar-refractivity contribution in [2.45, 2.75) is 17.7 Å². The highest BCUT2D eigenvalue weighted by Gasteiger charge is 2.31. The summed E-state index contributed by atoms with van der Waals surface area (Å²) < 4.78 is 2.30. The van der Waals surface area contributed by atoms with Crippen LogP contribution in [0.3, 0.4) is 0 Å². The molecule has 0 spiro atoms. The molecule has 2 aliphatic heterocycles. The normalized spacial score (nSPS) is 37.5. The molecule has 0 amide bonds. The average Bonchev–Trinajstić information content (AvgIpc) is 2.50. The first-order valence-electron chi connectivity index (χ1n) is 3.64. The number of aliphatic imine (C=N–C) groups is 1. The van der Waals surface area contributed by atoms with Crippen LogP contribution in [0.4, 0.5) is 0 Å². The smallest absolute Gasteiger partial charge is 0.0653 e. The molecule has 2 aliphatic rings. The molecule has 0 radical (unpaired) electrons. The van der Waals surface area contributed by atoms with Crippen LogP contribution in [0, 0.1) is 0 Å². The summed E-state index contributed by atoms with van der Waals surface area (Å²) in [6, 6.07) is 0.594. The Kier molecular flexibility index (Phi) is 2.71. The summed E-state index contributed by atoms with van der Waals surface area (Å²) in [5.74, 6) is 0. The molecule has 5 heteroatoms. The maximum Gasteiger partial charge on any atom is 0.0653 e. The summed E-state index contributed by atoms with van der Waals surface area (Å²) in [4.78, 5) is 4.40. The van der Waals surface area contributed by atoms with Crippen LogP contribution >= 0.6 is 34.4 Å². The Morgan fingerprint density at radius 2 is 2.64 bits per heavy atom. The molecule has 0 aromatic rings. The minimum Gasteiger partial charge on any atom is -0.282 e. The highest BCUT2D eigenvalue weighted by atomic mass is 33.1. The van der Waals surface area contributed by atoms with Crippen molar-refractivity contribution in [1.29, 1.82) is 0 Å². The van der Waals surface area contributed by atoms with Gasteiger partial charge in [-0.15, -0.1) is 11.8 Å². The maximum atomic E-state index is 4.40. The number of fused-ring (bicyclic) bond motifs is 1. The summed E-state index contributed by atoms with van der Waals surface area (Å²) >= 11 is 6.05. The predicted molar refractivity (Wildman–Crippen MR) is 56.4 cm³/mol. The largest absolute Gasteiger partial charge is 0.282 e. The van der Waals surface area contributed by atoms with Gasteiger partial charge in [0.15, 0.2) is 0 Å². The van der Waals surface area contributed by atoms with Crippen LogP contribution in [-0.4, -0.2) is 34.2 Å². The molecule has 2 unspecified atom stereocenters. The molecule has 2 heterocycles. The molecule has 0 bridgehead atoms. The van der Waals surface area contributed by atoms with E-state index in [0.717, 1.165) is 13.1 Å². The zero-order chi connectivity index (χ0) is 7.68. The van der Waals surface area contributed by atoms with Crippen LogP contribution in [-0.2, 0) is 0 Å². The first-order chi connectivity index (χ1) is 5.40. The van der Waals surface area contributed by atoms with E-state index < -0.39 is 0 Å². The van der Waals surface area contributed by atoms with E-state index in [1.807, 2.05) is 17.3 Å². The number of thioether (sulfide) groups is 1. The van der Waals surface area contributed by atoms with Gasteiger partial charge in [0.05, 0.1) is 11.6 Å². The van der Waals surface area contributed by atoms with Gasteiger partial charge in [-0.3, -0.25) is 4.99 Å². The monoisotopic (exact) mass is 206 g/mol. The van der Waals surface area contributed by atoms with Crippen LogP contribution in [0.1, 0.15) is 6.42 Å². The Labute approximate surface area is 80.1 Å². The first-order valence-corrected chi connectivity index (χ1v) is 6.40. The van der Waals surface area contributed by atoms with Gasteiger partial charge in [0.25, 0.3) is 0 Å². The van der Waals surface area contributed by atoms with E-state index in [1.165, 1.54) is 6.42 Å². The molecule has 0 aromatic carbocycles. The lowest BCUT2D eigenvalue weighted by atomic mass is 10.1. The van der Waals surface area contributed by atoms with Crippen molar-refractivity contribution in [3.05, 3.63) is 0 Å². The first kappa shape index (κ1) is 8.29. The summed E-state index contributed by atoms with van der Waals surface area (Å²) in [5.41, 5.74) is 2.00. The Hall–Kier alpha value is 0.680. The topological polar surface area (TPSA) is 15.6 Å². The number of rotatable bonds is 1. The van der Waals surface area contributed by atoms with Crippen LogP contribution in [0.2, 0.25) is 0 Å². The quantitative estimate of drug-likeness (QED) is 0.399. The van der Waals surface area contributed by atoms with Crippen LogP contribution in [0.5, 0.6) is 0 Å². The van der Waals surface area contributed by atoms with Gasteiger partial charge in [-0.2, -0.15) is 0 Å². The van der Waals surface area contributed by atoms with Gasteiger partial charge in [-0.05, 0) is 17.4 Å². The second-order valence-corrected chi connectivity index (χ2v) is 5.01. The standard InChI is InChI=1S/C6H10N2S3/c9-11-8-2-1-5-6(3-8)10-4-7-5/h4-6,9H,1-3H2. The summed E-state index contributed by atoms with van der Waals surface area (Å²) in [6.45, 7) is 2.26. The fraction of sp³-hybridized carbons (Fsp3) is 0.833. The fourth-order valence-corrected chi connectivity index (χ4v) is 3.44. The molecule has 62 valence electrons. The van der Waals surface area contributed by atoms with Gasteiger partial charge in [-0.25, -0.2) is 4.31 Å². The van der Waals surface area contributed by atoms with Gasteiger partial charge < -0.3 is 0 Å². The van der Waals surface area contributed by atoms with Crippen molar-refractivity contribution in [2.75, 3.05) is 13.1 Å². The highest BCUT2D eigenvalue weighted by Crippen LogP contribution is 2.32. The van der Waals surface area contributed by atoms with E-state index in [4.69, 9.17) is 0 Å². The molecule has 0 aliphatic carbocycles. The lowest BCUT2D eigenvalue weighted by Gasteiger charge is -2.30. The van der Waals surface area contributed by atoms with Crippen molar-refractivity contribution in [3.8, 4) is 0 Å². The van der Waals surface area contributed by atoms with Crippen molar-refractivity contribution in [1.82, 2.24) is 4.31 Å². The van der Waals surface area contributed by atoms with E-state index in [2.05, 4.69) is 21.0 Å². The molecule has 2 atom stereocenters. The molecule has 2 rings (SSSR count). The summed E-state index contributed by atoms with van der Waals surface area (Å²) in [7, 11) is 1.55. The number of piperidine rings is 1. The molecule has 0 saturated carbocycles. The zero-order valence-electron chi connectivity index (χ0n) is 6.01. The molecule has 2 nitrogen and oxygen atoms in total. The van der Waals surface area contributed by atoms with Gasteiger partial charge in [0, 0.05) is 18.3 Å². The maximum absolute atomic E-state index is 4.40. The minimum absolute atomic E-state index is 0.594. The molecular formula is C6H10N2S3. The molecule has 1 saturated heterocycles. The average molecular weight is 206 g/mol. The fourth-order valence-electron chi connectivity index (χ4n) is 1.45. The Bertz CT molecular complexity index is 173. The summed E-state index contributed by atoms with van der Waals surface area (Å²) in [5, 5.41) is 0.698. The molecular weight excluding hydrogens is 196 g/mol. The number of nitrogens with zero attached hydrogens (tertiary/aromatic N) is 2. The Morgan fingerprint density at radius 1 is 1.73 bits per heavy atom. The second-order valence-electron chi connectivity index (χ2n) is 2.75. The third-order valence-corrected chi connectivity index (χ3v) is 4.40. The number of thiol groups is 1. The number of hydrogen-bond donors (Lipinski definition) is 1. The minimum atomic E-state index is 0.594. The van der Waals surface area contributed by atoms with E-state index in [1.54, 1.807) is 11.0 Å². The van der Waals surface area contributed by atoms with E-state index in [0.29, 0.717) is 11.3 Å². The Balaban J connectivity index is 1.94. The second kappa shape index (κ2) is 3.60. The SMILES string of the molecule is SSN1CCC2N=CSC2C1. The lowest BCUT2D eigenvalue weighted by molar-refractivity contribution is 0.363. The van der Waals surface area contributed by atoms with Gasteiger partial charge >= 0.3 is 0 Å². The van der Waals surface area contributed by atoms with Crippen molar-refractivity contribution >= 4 is 39.9 Å². The highest BCUT2D eigenvalue weighted by molar-refractivity contribution is 8.67. The summed E-state index contributed by atoms with van der Waals surface area (Å²) in [6.07, 6.45) is 1.20. The molecule has 11 heavy (non-hydrogen) atoms. The van der Waals surface area contributed by atoms with E-state index >= 15 is 0 Å². The Morgan fingerprint density at radius 3 is 3.45 bits per heavy atom. The van der Waals surface area contributed by atoms with Crippen molar-refractivity contribution in [2.24, 2.45) is 4.99 Å². The van der Waals surface area contributed by atoms with Crippen LogP contribution in [0.15, 0.2) is 4.99 Å². The van der Waals surface area contributed by atoms with Gasteiger partial charge in [-0.1, -0.05) is 11.7 Å². The van der Waals surface area contributed by atoms with Crippen LogP contribution < -0.4 is 0 Å². The molecule has 1 fully saturated rings. The van der Waals surface area contributed by atoms with Crippen molar-refractivity contribution in [3.63, 3.8) is 0 Å². The number of hydrogen-bond acceptors (Lipinski definition) is 5. The van der Waals surface area contributed by atoms with E-state index in [-0.39, 0.29) is 0 Å². The van der Waals surface area contributed by atoms with Crippen LogP contribution in [0.25, 0.3) is 0 Å². The zero-order valence-corrected chi connectivity index (χ0v) is 8.54. The third kappa shape index (κ3) is 1.71. The third-order valence-electron chi connectivity index (χ3n) is 2.09. The lowest BCUT2D eigenvalue weighted by Crippen LogP contribution is -2.38. The molecule has 0 aromatic heterocycles. The molecule has 0 N–H and O–H groups in total. The van der Waals surface area contributed by atoms with Crippen molar-refractivity contribution < 1.29 is 0 Å². The van der Waals surface area contributed by atoms with Gasteiger partial charge in [0.1, 0.15) is 0 Å². The predicted octanol–water partition coefficient (Wildman–Crippen LogP) is 1.70. The van der Waals surface area contributed by atoms with E-state index in [9.17, 15) is 0 Å². The van der Waals surface area contributed by atoms with Gasteiger partial charge in [0.2, 0.25) is 0 Å².